The summed E-state index contributed by atoms with van der Waals surface area (Å²) in [6, 6.07) is 7.61. The van der Waals surface area contributed by atoms with Gasteiger partial charge in [-0.25, -0.2) is 0 Å². The van der Waals surface area contributed by atoms with Crippen molar-refractivity contribution in [3.8, 4) is 11.8 Å². The molecule has 0 aliphatic rings. The van der Waals surface area contributed by atoms with Crippen LogP contribution < -0.4 is 15.8 Å². The van der Waals surface area contributed by atoms with Crippen molar-refractivity contribution in [2.24, 2.45) is 5.73 Å². The second-order valence-electron chi connectivity index (χ2n) is 4.57. The SMILES string of the molecule is Cc1cccc(C#N)c1OCC(O)CNC(C)CN. The summed E-state index contributed by atoms with van der Waals surface area (Å²) in [5.41, 5.74) is 6.84. The Balaban J connectivity index is 2.51. The van der Waals surface area contributed by atoms with E-state index in [1.54, 1.807) is 6.07 Å². The fraction of sp³-hybridized carbons (Fsp3) is 0.500. The Morgan fingerprint density at radius 1 is 1.53 bits per heavy atom. The minimum Gasteiger partial charge on any atom is -0.489 e. The van der Waals surface area contributed by atoms with Gasteiger partial charge in [-0.3, -0.25) is 0 Å². The van der Waals surface area contributed by atoms with Crippen LogP contribution >= 0.6 is 0 Å². The molecule has 0 aliphatic carbocycles. The van der Waals surface area contributed by atoms with E-state index in [0.717, 1.165) is 5.56 Å². The largest absolute Gasteiger partial charge is 0.489 e. The van der Waals surface area contributed by atoms with Gasteiger partial charge in [0.05, 0.1) is 5.56 Å². The van der Waals surface area contributed by atoms with Gasteiger partial charge in [0.15, 0.2) is 0 Å². The summed E-state index contributed by atoms with van der Waals surface area (Å²) in [5.74, 6) is 0.538. The average molecular weight is 263 g/mol. The maximum absolute atomic E-state index is 9.80. The van der Waals surface area contributed by atoms with E-state index in [1.807, 2.05) is 26.0 Å². The first-order valence-corrected chi connectivity index (χ1v) is 6.32. The molecule has 5 heteroatoms. The van der Waals surface area contributed by atoms with Crippen LogP contribution in [0.2, 0.25) is 0 Å². The molecule has 1 aromatic carbocycles. The molecule has 0 saturated carbocycles. The summed E-state index contributed by atoms with van der Waals surface area (Å²) in [6.45, 7) is 4.89. The molecule has 19 heavy (non-hydrogen) atoms. The Hall–Kier alpha value is -1.61. The summed E-state index contributed by atoms with van der Waals surface area (Å²) < 4.78 is 5.54. The molecule has 5 nitrogen and oxygen atoms in total. The molecule has 1 aromatic rings. The number of aryl methyl sites for hydroxylation is 1. The van der Waals surface area contributed by atoms with Crippen molar-refractivity contribution >= 4 is 0 Å². The van der Waals surface area contributed by atoms with E-state index in [-0.39, 0.29) is 12.6 Å². The van der Waals surface area contributed by atoms with Gasteiger partial charge in [0.2, 0.25) is 0 Å². The highest BCUT2D eigenvalue weighted by Gasteiger charge is 2.11. The maximum atomic E-state index is 9.80. The Kier molecular flexibility index (Phi) is 6.30. The van der Waals surface area contributed by atoms with Gasteiger partial charge < -0.3 is 20.9 Å². The molecular weight excluding hydrogens is 242 g/mol. The van der Waals surface area contributed by atoms with E-state index >= 15 is 0 Å². The van der Waals surface area contributed by atoms with Crippen molar-refractivity contribution in [1.29, 1.82) is 5.26 Å². The average Bonchev–Trinajstić information content (AvgIpc) is 2.42. The highest BCUT2D eigenvalue weighted by molar-refractivity contribution is 5.47. The topological polar surface area (TPSA) is 91.3 Å². The third-order valence-corrected chi connectivity index (χ3v) is 2.81. The summed E-state index contributed by atoms with van der Waals surface area (Å²) in [7, 11) is 0. The highest BCUT2D eigenvalue weighted by atomic mass is 16.5. The zero-order valence-electron chi connectivity index (χ0n) is 11.4. The quantitative estimate of drug-likeness (QED) is 0.668. The standard InChI is InChI=1S/C14H21N3O2/c1-10-4-3-5-12(7-16)14(10)19-9-13(18)8-17-11(2)6-15/h3-5,11,13,17-18H,6,8-9,15H2,1-2H3. The summed E-state index contributed by atoms with van der Waals surface area (Å²) in [4.78, 5) is 0. The van der Waals surface area contributed by atoms with E-state index in [2.05, 4.69) is 11.4 Å². The molecule has 0 spiro atoms. The highest BCUT2D eigenvalue weighted by Crippen LogP contribution is 2.22. The maximum Gasteiger partial charge on any atom is 0.140 e. The van der Waals surface area contributed by atoms with Crippen molar-refractivity contribution in [2.45, 2.75) is 26.0 Å². The van der Waals surface area contributed by atoms with Gasteiger partial charge in [0.25, 0.3) is 0 Å². The van der Waals surface area contributed by atoms with Crippen molar-refractivity contribution in [3.63, 3.8) is 0 Å². The third kappa shape index (κ3) is 4.87. The molecule has 0 saturated heterocycles. The Morgan fingerprint density at radius 3 is 2.89 bits per heavy atom. The number of ether oxygens (including phenoxy) is 1. The zero-order valence-corrected chi connectivity index (χ0v) is 11.4. The molecule has 0 heterocycles. The minimum absolute atomic E-state index is 0.143. The second-order valence-corrected chi connectivity index (χ2v) is 4.57. The lowest BCUT2D eigenvalue weighted by Crippen LogP contribution is -2.40. The van der Waals surface area contributed by atoms with Gasteiger partial charge >= 0.3 is 0 Å². The number of nitrogens with zero attached hydrogens (tertiary/aromatic N) is 1. The number of aliphatic hydroxyl groups is 1. The van der Waals surface area contributed by atoms with Gasteiger partial charge in [-0.1, -0.05) is 12.1 Å². The molecule has 0 bridgehead atoms. The Morgan fingerprint density at radius 2 is 2.26 bits per heavy atom. The van der Waals surface area contributed by atoms with Crippen molar-refractivity contribution in [1.82, 2.24) is 5.32 Å². The first-order chi connectivity index (χ1) is 9.08. The van der Waals surface area contributed by atoms with Crippen LogP contribution in [-0.2, 0) is 0 Å². The smallest absolute Gasteiger partial charge is 0.140 e. The van der Waals surface area contributed by atoms with Crippen LogP contribution in [-0.4, -0.2) is 36.9 Å². The van der Waals surface area contributed by atoms with Crippen molar-refractivity contribution < 1.29 is 9.84 Å². The third-order valence-electron chi connectivity index (χ3n) is 2.81. The lowest BCUT2D eigenvalue weighted by atomic mass is 10.1. The van der Waals surface area contributed by atoms with E-state index < -0.39 is 6.10 Å². The molecule has 0 aliphatic heterocycles. The van der Waals surface area contributed by atoms with Crippen molar-refractivity contribution in [2.75, 3.05) is 19.7 Å². The molecule has 0 aromatic heterocycles. The molecule has 0 radical (unpaired) electrons. The summed E-state index contributed by atoms with van der Waals surface area (Å²) in [5, 5.41) is 21.9. The second kappa shape index (κ2) is 7.74. The minimum atomic E-state index is -0.639. The monoisotopic (exact) mass is 263 g/mol. The number of para-hydroxylation sites is 1. The van der Waals surface area contributed by atoms with E-state index in [4.69, 9.17) is 15.7 Å². The van der Waals surface area contributed by atoms with Gasteiger partial charge in [0.1, 0.15) is 24.5 Å². The number of aliphatic hydroxyl groups excluding tert-OH is 1. The van der Waals surface area contributed by atoms with Crippen LogP contribution in [0.3, 0.4) is 0 Å². The van der Waals surface area contributed by atoms with Crippen LogP contribution in [0, 0.1) is 18.3 Å². The normalized spacial score (nSPS) is 13.6. The van der Waals surface area contributed by atoms with Gasteiger partial charge in [-0.2, -0.15) is 5.26 Å². The molecule has 104 valence electrons. The van der Waals surface area contributed by atoms with E-state index in [0.29, 0.717) is 24.4 Å². The fourth-order valence-electron chi connectivity index (χ4n) is 1.59. The van der Waals surface area contributed by atoms with Crippen LogP contribution in [0.4, 0.5) is 0 Å². The van der Waals surface area contributed by atoms with Crippen LogP contribution in [0.5, 0.6) is 5.75 Å². The first-order valence-electron chi connectivity index (χ1n) is 6.32. The molecule has 0 fully saturated rings. The predicted molar refractivity (Wildman–Crippen MR) is 73.9 cm³/mol. The molecule has 1 rings (SSSR count). The molecule has 0 amide bonds. The molecular formula is C14H21N3O2. The number of benzene rings is 1. The Bertz CT molecular complexity index is 443. The predicted octanol–water partition coefficient (Wildman–Crippen LogP) is 0.543. The first kappa shape index (κ1) is 15.4. The fourth-order valence-corrected chi connectivity index (χ4v) is 1.59. The van der Waals surface area contributed by atoms with Crippen LogP contribution in [0.25, 0.3) is 0 Å². The Labute approximate surface area is 114 Å². The van der Waals surface area contributed by atoms with Crippen molar-refractivity contribution in [3.05, 3.63) is 29.3 Å². The van der Waals surface area contributed by atoms with Gasteiger partial charge in [0, 0.05) is 19.1 Å². The van der Waals surface area contributed by atoms with E-state index in [9.17, 15) is 5.11 Å². The molecule has 4 N–H and O–H groups in total. The summed E-state index contributed by atoms with van der Waals surface area (Å²) in [6.07, 6.45) is -0.639. The lowest BCUT2D eigenvalue weighted by molar-refractivity contribution is 0.104. The molecule has 2 atom stereocenters. The van der Waals surface area contributed by atoms with Crippen LogP contribution in [0.15, 0.2) is 18.2 Å². The van der Waals surface area contributed by atoms with Crippen LogP contribution in [0.1, 0.15) is 18.1 Å². The van der Waals surface area contributed by atoms with E-state index in [1.165, 1.54) is 0 Å². The number of hydrogen-bond donors (Lipinski definition) is 3. The van der Waals surface area contributed by atoms with Gasteiger partial charge in [-0.05, 0) is 25.5 Å². The number of nitrogens with two attached hydrogens (primary N) is 1. The number of hydrogen-bond acceptors (Lipinski definition) is 5. The summed E-state index contributed by atoms with van der Waals surface area (Å²) >= 11 is 0. The zero-order chi connectivity index (χ0) is 14.3. The number of rotatable bonds is 7. The van der Waals surface area contributed by atoms with Gasteiger partial charge in [-0.15, -0.1) is 0 Å². The number of nitrogens with one attached hydrogen (secondary N) is 1. The molecule has 2 unspecified atom stereocenters. The number of nitriles is 1. The lowest BCUT2D eigenvalue weighted by Gasteiger charge is -2.17.